The Morgan fingerprint density at radius 1 is 1.07 bits per heavy atom. The van der Waals surface area contributed by atoms with Crippen molar-refractivity contribution in [3.05, 3.63) is 65.7 Å². The molecule has 2 aromatic carbocycles. The molecular weight excluding hydrogens is 374 g/mol. The zero-order valence-corrected chi connectivity index (χ0v) is 16.9. The summed E-state index contributed by atoms with van der Waals surface area (Å²) in [7, 11) is -3.56. The van der Waals surface area contributed by atoms with Crippen molar-refractivity contribution >= 4 is 21.8 Å². The maximum absolute atomic E-state index is 12.4. The predicted octanol–water partition coefficient (Wildman–Crippen LogP) is 3.02. The molecule has 0 spiro atoms. The van der Waals surface area contributed by atoms with E-state index in [4.69, 9.17) is 0 Å². The van der Waals surface area contributed by atoms with Crippen LogP contribution >= 0.6 is 0 Å². The van der Waals surface area contributed by atoms with E-state index in [2.05, 4.69) is 28.9 Å². The molecule has 1 aliphatic rings. The average molecular weight is 400 g/mol. The van der Waals surface area contributed by atoms with Crippen molar-refractivity contribution in [2.45, 2.75) is 37.6 Å². The van der Waals surface area contributed by atoms with Gasteiger partial charge in [0.2, 0.25) is 5.91 Å². The lowest BCUT2D eigenvalue weighted by Crippen LogP contribution is -2.30. The number of nitrogens with zero attached hydrogens (tertiary/aromatic N) is 1. The third-order valence-corrected chi connectivity index (χ3v) is 5.91. The molecule has 0 bridgehead atoms. The number of rotatable bonds is 7. The largest absolute Gasteiger partial charge is 0.349 e. The van der Waals surface area contributed by atoms with Crippen LogP contribution in [0, 0.1) is 5.92 Å². The van der Waals surface area contributed by atoms with Crippen molar-refractivity contribution in [3.8, 4) is 0 Å². The highest BCUT2D eigenvalue weighted by atomic mass is 32.2. The minimum Gasteiger partial charge on any atom is -0.349 e. The Labute approximate surface area is 166 Å². The molecule has 148 valence electrons. The molecule has 0 saturated carbocycles. The molecule has 0 aromatic heterocycles. The molecule has 2 aromatic rings. The number of nitrogens with one attached hydrogen (secondary N) is 2. The highest BCUT2D eigenvalue weighted by Gasteiger charge is 2.30. The second kappa shape index (κ2) is 8.56. The van der Waals surface area contributed by atoms with Crippen LogP contribution in [0.25, 0.3) is 0 Å². The van der Waals surface area contributed by atoms with Gasteiger partial charge in [0.15, 0.2) is 0 Å². The summed E-state index contributed by atoms with van der Waals surface area (Å²) in [6, 6.07) is 16.5. The molecule has 7 heteroatoms. The molecule has 3 rings (SSSR count). The van der Waals surface area contributed by atoms with Crippen LogP contribution in [0.2, 0.25) is 0 Å². The van der Waals surface area contributed by atoms with E-state index >= 15 is 0 Å². The molecule has 0 unspecified atom stereocenters. The van der Waals surface area contributed by atoms with Crippen molar-refractivity contribution in [3.63, 3.8) is 0 Å². The summed E-state index contributed by atoms with van der Waals surface area (Å²) in [5.41, 5.74) is 1.62. The summed E-state index contributed by atoms with van der Waals surface area (Å²) >= 11 is 0. The minimum atomic E-state index is -3.56. The smallest absolute Gasteiger partial charge is 0.263 e. The summed E-state index contributed by atoms with van der Waals surface area (Å²) in [5.74, 6) is 0.633. The quantitative estimate of drug-likeness (QED) is 0.750. The Hall–Kier alpha value is -2.67. The molecule has 6 nitrogen and oxygen atoms in total. The van der Waals surface area contributed by atoms with E-state index in [9.17, 15) is 13.2 Å². The third kappa shape index (κ3) is 4.78. The summed E-state index contributed by atoms with van der Waals surface area (Å²) in [4.78, 5) is 17.0. The first kappa shape index (κ1) is 20.1. The fraction of sp³-hybridized carbons (Fsp3) is 0.333. The second-order valence-corrected chi connectivity index (χ2v) is 8.89. The normalized spacial score (nSPS) is 17.2. The van der Waals surface area contributed by atoms with Crippen LogP contribution in [0.3, 0.4) is 0 Å². The van der Waals surface area contributed by atoms with E-state index in [1.807, 2.05) is 30.3 Å². The summed E-state index contributed by atoms with van der Waals surface area (Å²) in [5, 5.41) is 3.08. The topological polar surface area (TPSA) is 87.6 Å². The maximum Gasteiger partial charge on any atom is 0.263 e. The number of fused-ring (bicyclic) bond motifs is 1. The first-order valence-corrected chi connectivity index (χ1v) is 10.9. The number of carbonyl (C=O) groups is 1. The van der Waals surface area contributed by atoms with Gasteiger partial charge < -0.3 is 5.32 Å². The van der Waals surface area contributed by atoms with E-state index in [0.29, 0.717) is 17.3 Å². The van der Waals surface area contributed by atoms with Crippen LogP contribution in [-0.2, 0) is 14.8 Å². The molecule has 1 aliphatic heterocycles. The Bertz CT molecular complexity index is 969. The molecule has 0 saturated heterocycles. The van der Waals surface area contributed by atoms with Crippen molar-refractivity contribution in [1.82, 2.24) is 10.0 Å². The molecule has 1 heterocycles. The van der Waals surface area contributed by atoms with Gasteiger partial charge in [0.25, 0.3) is 10.0 Å². The van der Waals surface area contributed by atoms with E-state index in [1.165, 1.54) is 0 Å². The van der Waals surface area contributed by atoms with Crippen LogP contribution in [-0.4, -0.2) is 26.7 Å². The Morgan fingerprint density at radius 2 is 1.75 bits per heavy atom. The fourth-order valence-electron chi connectivity index (χ4n) is 3.22. The zero-order valence-electron chi connectivity index (χ0n) is 16.1. The number of aliphatic imine (C=N–C) groups is 1. The van der Waals surface area contributed by atoms with E-state index < -0.39 is 10.0 Å². The van der Waals surface area contributed by atoms with Gasteiger partial charge in [0.05, 0.1) is 17.5 Å². The lowest BCUT2D eigenvalue weighted by atomic mass is 9.97. The Kier molecular flexibility index (Phi) is 6.14. The number of hydrogen-bond donors (Lipinski definition) is 2. The number of sulfonamides is 1. The third-order valence-electron chi connectivity index (χ3n) is 4.52. The second-order valence-electron chi connectivity index (χ2n) is 7.24. The van der Waals surface area contributed by atoms with E-state index in [-0.39, 0.29) is 29.8 Å². The molecule has 0 fully saturated rings. The molecule has 0 aliphatic carbocycles. The van der Waals surface area contributed by atoms with Gasteiger partial charge >= 0.3 is 0 Å². The van der Waals surface area contributed by atoms with Crippen molar-refractivity contribution in [2.75, 3.05) is 6.54 Å². The van der Waals surface area contributed by atoms with Gasteiger partial charge in [0.1, 0.15) is 5.84 Å². The summed E-state index contributed by atoms with van der Waals surface area (Å²) in [6.07, 6.45) is 1.03. The molecule has 28 heavy (non-hydrogen) atoms. The van der Waals surface area contributed by atoms with E-state index in [1.54, 1.807) is 24.3 Å². The molecular formula is C21H25N3O3S. The van der Waals surface area contributed by atoms with Crippen LogP contribution < -0.4 is 10.0 Å². The van der Waals surface area contributed by atoms with Gasteiger partial charge in [-0.3, -0.25) is 14.5 Å². The van der Waals surface area contributed by atoms with Gasteiger partial charge in [-0.2, -0.15) is 0 Å². The predicted molar refractivity (Wildman–Crippen MR) is 110 cm³/mol. The van der Waals surface area contributed by atoms with Gasteiger partial charge in [-0.1, -0.05) is 56.3 Å². The van der Waals surface area contributed by atoms with Crippen molar-refractivity contribution in [1.29, 1.82) is 0 Å². The molecule has 0 radical (unpaired) electrons. The van der Waals surface area contributed by atoms with Crippen LogP contribution in [0.5, 0.6) is 0 Å². The number of amides is 1. The van der Waals surface area contributed by atoms with E-state index in [0.717, 1.165) is 12.0 Å². The van der Waals surface area contributed by atoms with Crippen molar-refractivity contribution < 1.29 is 13.2 Å². The Morgan fingerprint density at radius 3 is 2.46 bits per heavy atom. The highest BCUT2D eigenvalue weighted by Crippen LogP contribution is 2.23. The highest BCUT2D eigenvalue weighted by molar-refractivity contribution is 7.90. The Balaban J connectivity index is 1.63. The molecule has 2 N–H and O–H groups in total. The summed E-state index contributed by atoms with van der Waals surface area (Å²) < 4.78 is 26.6. The monoisotopic (exact) mass is 399 g/mol. The van der Waals surface area contributed by atoms with Gasteiger partial charge in [-0.25, -0.2) is 8.42 Å². The first-order valence-electron chi connectivity index (χ1n) is 9.38. The maximum atomic E-state index is 12.4. The molecule has 1 amide bonds. The minimum absolute atomic E-state index is 0.0490. The average Bonchev–Trinajstić information content (AvgIpc) is 2.92. The first-order chi connectivity index (χ1) is 13.4. The van der Waals surface area contributed by atoms with Crippen LogP contribution in [0.1, 0.15) is 43.9 Å². The standard InChI is InChI=1S/C21H25N3O3S/c1-15(2)14-18(16-8-4-3-5-9-16)23-20(25)12-13-22-21-17-10-6-7-11-19(17)28(26,27)24-21/h3-11,15,18H,12-14H2,1-2H3,(H,22,24)(H,23,25)/t18-/m1/s1. The summed E-state index contributed by atoms with van der Waals surface area (Å²) in [6.45, 7) is 4.46. The fourth-order valence-corrected chi connectivity index (χ4v) is 4.47. The lowest BCUT2D eigenvalue weighted by molar-refractivity contribution is -0.121. The lowest BCUT2D eigenvalue weighted by Gasteiger charge is -2.21. The van der Waals surface area contributed by atoms with Crippen LogP contribution in [0.15, 0.2) is 64.5 Å². The van der Waals surface area contributed by atoms with Crippen molar-refractivity contribution in [2.24, 2.45) is 10.9 Å². The van der Waals surface area contributed by atoms with Gasteiger partial charge in [-0.05, 0) is 30.0 Å². The molecule has 1 atom stereocenters. The van der Waals surface area contributed by atoms with Gasteiger partial charge in [-0.15, -0.1) is 0 Å². The van der Waals surface area contributed by atoms with Gasteiger partial charge in [0, 0.05) is 12.0 Å². The zero-order chi connectivity index (χ0) is 20.1. The number of benzene rings is 2. The number of hydrogen-bond acceptors (Lipinski definition) is 4. The number of carbonyl (C=O) groups excluding carboxylic acids is 1. The van der Waals surface area contributed by atoms with Crippen LogP contribution in [0.4, 0.5) is 0 Å². The number of amidine groups is 1. The SMILES string of the molecule is CC(C)C[C@@H](NC(=O)CCN=C1NS(=O)(=O)c2ccccc21)c1ccccc1.